The van der Waals surface area contributed by atoms with Gasteiger partial charge in [0.25, 0.3) is 5.91 Å². The standard InChI is InChI=1S/C18H16F3NO/c19-14-7-8-15(20)17(21)16(14)18(23)22-10-9-12-6-5-11-3-1-2-4-13(11)12/h1-4,7-8,12H,5-6,9-10H2,(H,22,23). The summed E-state index contributed by atoms with van der Waals surface area (Å²) >= 11 is 0. The van der Waals surface area contributed by atoms with Crippen LogP contribution < -0.4 is 5.32 Å². The first kappa shape index (κ1) is 15.6. The average molecular weight is 319 g/mol. The summed E-state index contributed by atoms with van der Waals surface area (Å²) in [5.41, 5.74) is 1.72. The van der Waals surface area contributed by atoms with Crippen LogP contribution in [0.2, 0.25) is 0 Å². The molecule has 2 nitrogen and oxygen atoms in total. The summed E-state index contributed by atoms with van der Waals surface area (Å²) in [6, 6.07) is 9.55. The molecule has 0 spiro atoms. The Hall–Kier alpha value is -2.30. The van der Waals surface area contributed by atoms with Gasteiger partial charge in [0.05, 0.1) is 0 Å². The van der Waals surface area contributed by atoms with Crippen LogP contribution in [0.1, 0.15) is 40.2 Å². The number of halogens is 3. The molecule has 1 atom stereocenters. The Bertz CT molecular complexity index is 745. The summed E-state index contributed by atoms with van der Waals surface area (Å²) in [5, 5.41) is 2.48. The molecule has 0 saturated carbocycles. The normalized spacial score (nSPS) is 16.2. The van der Waals surface area contributed by atoms with Crippen molar-refractivity contribution in [2.45, 2.75) is 25.2 Å². The van der Waals surface area contributed by atoms with Crippen molar-refractivity contribution in [1.29, 1.82) is 0 Å². The molecule has 2 aromatic rings. The van der Waals surface area contributed by atoms with Crippen molar-refractivity contribution in [3.8, 4) is 0 Å². The number of benzene rings is 2. The van der Waals surface area contributed by atoms with Crippen molar-refractivity contribution in [2.75, 3.05) is 6.54 Å². The number of hydrogen-bond acceptors (Lipinski definition) is 1. The number of carbonyl (C=O) groups excluding carboxylic acids is 1. The van der Waals surface area contributed by atoms with Gasteiger partial charge in [-0.1, -0.05) is 24.3 Å². The molecule has 1 N–H and O–H groups in total. The second-order valence-electron chi connectivity index (χ2n) is 5.70. The maximum atomic E-state index is 13.6. The molecule has 0 radical (unpaired) electrons. The van der Waals surface area contributed by atoms with Crippen LogP contribution in [0.5, 0.6) is 0 Å². The van der Waals surface area contributed by atoms with Crippen LogP contribution in [0.25, 0.3) is 0 Å². The first-order valence-electron chi connectivity index (χ1n) is 7.57. The highest BCUT2D eigenvalue weighted by molar-refractivity contribution is 5.94. The smallest absolute Gasteiger partial charge is 0.257 e. The topological polar surface area (TPSA) is 29.1 Å². The van der Waals surface area contributed by atoms with Gasteiger partial charge in [-0.25, -0.2) is 13.2 Å². The molecule has 3 rings (SSSR count). The van der Waals surface area contributed by atoms with Gasteiger partial charge in [-0.3, -0.25) is 4.79 Å². The molecular formula is C18H16F3NO. The van der Waals surface area contributed by atoms with Crippen LogP contribution in [0.3, 0.4) is 0 Å². The second kappa shape index (κ2) is 6.44. The minimum atomic E-state index is -1.45. The van der Waals surface area contributed by atoms with E-state index < -0.39 is 28.9 Å². The van der Waals surface area contributed by atoms with Crippen LogP contribution in [0.4, 0.5) is 13.2 Å². The molecule has 1 unspecified atom stereocenters. The quantitative estimate of drug-likeness (QED) is 0.849. The Morgan fingerprint density at radius 3 is 2.65 bits per heavy atom. The fourth-order valence-corrected chi connectivity index (χ4v) is 3.13. The Labute approximate surface area is 132 Å². The van der Waals surface area contributed by atoms with Gasteiger partial charge in [0.2, 0.25) is 0 Å². The molecule has 23 heavy (non-hydrogen) atoms. The highest BCUT2D eigenvalue weighted by atomic mass is 19.2. The summed E-state index contributed by atoms with van der Waals surface area (Å²) in [5.74, 6) is -4.35. The number of aryl methyl sites for hydroxylation is 1. The molecule has 1 aliphatic carbocycles. The highest BCUT2D eigenvalue weighted by Crippen LogP contribution is 2.34. The van der Waals surface area contributed by atoms with Crippen molar-refractivity contribution in [2.24, 2.45) is 0 Å². The van der Waals surface area contributed by atoms with Crippen LogP contribution in [-0.2, 0) is 6.42 Å². The number of hydrogen-bond donors (Lipinski definition) is 1. The zero-order valence-electron chi connectivity index (χ0n) is 12.4. The first-order chi connectivity index (χ1) is 11.1. The summed E-state index contributed by atoms with van der Waals surface area (Å²) in [6.07, 6.45) is 2.68. The number of carbonyl (C=O) groups is 1. The van der Waals surface area contributed by atoms with Crippen LogP contribution in [0.15, 0.2) is 36.4 Å². The van der Waals surface area contributed by atoms with E-state index in [1.54, 1.807) is 0 Å². The lowest BCUT2D eigenvalue weighted by Gasteiger charge is -2.13. The molecule has 1 aliphatic rings. The van der Waals surface area contributed by atoms with Gasteiger partial charge in [0, 0.05) is 6.54 Å². The third-order valence-electron chi connectivity index (χ3n) is 4.31. The van der Waals surface area contributed by atoms with E-state index in [2.05, 4.69) is 17.4 Å². The highest BCUT2D eigenvalue weighted by Gasteiger charge is 2.23. The van der Waals surface area contributed by atoms with Gasteiger partial charge in [0.1, 0.15) is 11.4 Å². The largest absolute Gasteiger partial charge is 0.352 e. The molecule has 0 fully saturated rings. The van der Waals surface area contributed by atoms with Crippen molar-refractivity contribution in [3.05, 3.63) is 70.5 Å². The van der Waals surface area contributed by atoms with E-state index in [0.717, 1.165) is 18.9 Å². The van der Waals surface area contributed by atoms with Gasteiger partial charge in [0.15, 0.2) is 11.6 Å². The fourth-order valence-electron chi connectivity index (χ4n) is 3.13. The van der Waals surface area contributed by atoms with E-state index >= 15 is 0 Å². The van der Waals surface area contributed by atoms with E-state index in [9.17, 15) is 18.0 Å². The molecule has 0 aliphatic heterocycles. The Balaban J connectivity index is 1.62. The van der Waals surface area contributed by atoms with Gasteiger partial charge >= 0.3 is 0 Å². The summed E-state index contributed by atoms with van der Waals surface area (Å²) in [7, 11) is 0. The lowest BCUT2D eigenvalue weighted by atomic mass is 9.98. The van der Waals surface area contributed by atoms with Crippen LogP contribution >= 0.6 is 0 Å². The molecule has 120 valence electrons. The third-order valence-corrected chi connectivity index (χ3v) is 4.31. The molecule has 0 saturated heterocycles. The maximum Gasteiger partial charge on any atom is 0.257 e. The molecular weight excluding hydrogens is 303 g/mol. The Morgan fingerprint density at radius 2 is 1.83 bits per heavy atom. The predicted octanol–water partition coefficient (Wildman–Crippen LogP) is 3.95. The number of amides is 1. The first-order valence-corrected chi connectivity index (χ1v) is 7.57. The Morgan fingerprint density at radius 1 is 1.09 bits per heavy atom. The number of nitrogens with one attached hydrogen (secondary N) is 1. The third kappa shape index (κ3) is 3.09. The van der Waals surface area contributed by atoms with Crippen molar-refractivity contribution < 1.29 is 18.0 Å². The molecule has 2 aromatic carbocycles. The zero-order valence-corrected chi connectivity index (χ0v) is 12.4. The van der Waals surface area contributed by atoms with Crippen molar-refractivity contribution in [1.82, 2.24) is 5.32 Å². The van der Waals surface area contributed by atoms with Gasteiger partial charge in [-0.05, 0) is 48.4 Å². The number of rotatable bonds is 4. The fraction of sp³-hybridized carbons (Fsp3) is 0.278. The second-order valence-corrected chi connectivity index (χ2v) is 5.70. The molecule has 0 aromatic heterocycles. The van der Waals surface area contributed by atoms with E-state index in [4.69, 9.17) is 0 Å². The van der Waals surface area contributed by atoms with E-state index in [0.29, 0.717) is 18.4 Å². The minimum absolute atomic E-state index is 0.285. The molecule has 0 bridgehead atoms. The van der Waals surface area contributed by atoms with E-state index in [-0.39, 0.29) is 6.54 Å². The van der Waals surface area contributed by atoms with E-state index in [1.807, 2.05) is 12.1 Å². The molecule has 1 amide bonds. The van der Waals surface area contributed by atoms with Gasteiger partial charge in [-0.15, -0.1) is 0 Å². The van der Waals surface area contributed by atoms with Crippen molar-refractivity contribution >= 4 is 5.91 Å². The maximum absolute atomic E-state index is 13.6. The van der Waals surface area contributed by atoms with Crippen molar-refractivity contribution in [3.63, 3.8) is 0 Å². The number of fused-ring (bicyclic) bond motifs is 1. The van der Waals surface area contributed by atoms with Crippen LogP contribution in [0, 0.1) is 17.5 Å². The minimum Gasteiger partial charge on any atom is -0.352 e. The lowest BCUT2D eigenvalue weighted by Crippen LogP contribution is -2.27. The summed E-state index contributed by atoms with van der Waals surface area (Å²) in [4.78, 5) is 11.9. The van der Waals surface area contributed by atoms with E-state index in [1.165, 1.54) is 11.1 Å². The summed E-state index contributed by atoms with van der Waals surface area (Å²) in [6.45, 7) is 0.285. The Kier molecular flexibility index (Phi) is 4.37. The van der Waals surface area contributed by atoms with Crippen LogP contribution in [-0.4, -0.2) is 12.5 Å². The predicted molar refractivity (Wildman–Crippen MR) is 80.8 cm³/mol. The van der Waals surface area contributed by atoms with Gasteiger partial charge < -0.3 is 5.32 Å². The monoisotopic (exact) mass is 319 g/mol. The SMILES string of the molecule is O=C(NCCC1CCc2ccccc21)c1c(F)ccc(F)c1F. The lowest BCUT2D eigenvalue weighted by molar-refractivity contribution is 0.0943. The zero-order chi connectivity index (χ0) is 16.4. The molecule has 5 heteroatoms. The summed E-state index contributed by atoms with van der Waals surface area (Å²) < 4.78 is 40.2. The molecule has 0 heterocycles. The average Bonchev–Trinajstić information content (AvgIpc) is 2.95. The van der Waals surface area contributed by atoms with Gasteiger partial charge in [-0.2, -0.15) is 0 Å².